The minimum Gasteiger partial charge on any atom is -0.454 e. The molecule has 0 aromatic heterocycles. The Morgan fingerprint density at radius 2 is 1.86 bits per heavy atom. The summed E-state index contributed by atoms with van der Waals surface area (Å²) in [5.41, 5.74) is 0.383. The summed E-state index contributed by atoms with van der Waals surface area (Å²) in [5, 5.41) is 0.278. The average Bonchev–Trinajstić information content (AvgIpc) is 2.50. The predicted octanol–water partition coefficient (Wildman–Crippen LogP) is 3.90. The van der Waals surface area contributed by atoms with Crippen LogP contribution in [-0.2, 0) is 3.79 Å². The van der Waals surface area contributed by atoms with Crippen molar-refractivity contribution < 1.29 is 9.47 Å². The highest BCUT2D eigenvalue weighted by atomic mass is 35.6. The standard InChI is InChI=1S/C8H4Cl4O2/c9-6-4(8(10,11)12)1-2-5-7(6)14-3-13-5/h1-2H,3H2. The molecule has 0 radical (unpaired) electrons. The third-order valence-corrected chi connectivity index (χ3v) is 2.77. The summed E-state index contributed by atoms with van der Waals surface area (Å²) < 4.78 is 8.69. The summed E-state index contributed by atoms with van der Waals surface area (Å²) in [7, 11) is 0. The number of rotatable bonds is 0. The number of hydrogen-bond acceptors (Lipinski definition) is 2. The molecule has 0 bridgehead atoms. The Balaban J connectivity index is 2.56. The van der Waals surface area contributed by atoms with Crippen LogP contribution in [0.4, 0.5) is 0 Å². The Hall–Kier alpha value is -0.0200. The molecule has 2 nitrogen and oxygen atoms in total. The number of halogens is 4. The van der Waals surface area contributed by atoms with Gasteiger partial charge < -0.3 is 9.47 Å². The van der Waals surface area contributed by atoms with Crippen molar-refractivity contribution >= 4 is 46.4 Å². The highest BCUT2D eigenvalue weighted by molar-refractivity contribution is 6.67. The fraction of sp³-hybridized carbons (Fsp3) is 0.250. The minimum atomic E-state index is -1.56. The highest BCUT2D eigenvalue weighted by Gasteiger charge is 2.30. The molecule has 2 rings (SSSR count). The SMILES string of the molecule is Clc1c(C(Cl)(Cl)Cl)ccc2c1OCO2. The van der Waals surface area contributed by atoms with Crippen molar-refractivity contribution in [2.24, 2.45) is 0 Å². The molecule has 0 aliphatic carbocycles. The van der Waals surface area contributed by atoms with Crippen LogP contribution in [0.5, 0.6) is 11.5 Å². The molecule has 1 aromatic rings. The van der Waals surface area contributed by atoms with Gasteiger partial charge in [0.15, 0.2) is 11.5 Å². The van der Waals surface area contributed by atoms with Crippen LogP contribution in [-0.4, -0.2) is 6.79 Å². The molecule has 0 amide bonds. The monoisotopic (exact) mass is 272 g/mol. The summed E-state index contributed by atoms with van der Waals surface area (Å²) >= 11 is 23.1. The smallest absolute Gasteiger partial charge is 0.231 e. The first-order valence-electron chi connectivity index (χ1n) is 3.65. The Bertz CT molecular complexity index is 372. The van der Waals surface area contributed by atoms with Crippen molar-refractivity contribution in [2.45, 2.75) is 3.79 Å². The summed E-state index contributed by atoms with van der Waals surface area (Å²) in [6.07, 6.45) is 0. The van der Waals surface area contributed by atoms with Gasteiger partial charge in [0.1, 0.15) is 0 Å². The third kappa shape index (κ3) is 1.72. The molecule has 76 valence electrons. The second-order valence-electron chi connectivity index (χ2n) is 2.66. The van der Waals surface area contributed by atoms with Crippen molar-refractivity contribution in [2.75, 3.05) is 6.79 Å². The van der Waals surface area contributed by atoms with Crippen LogP contribution in [0, 0.1) is 0 Å². The van der Waals surface area contributed by atoms with Crippen LogP contribution in [0.1, 0.15) is 5.56 Å². The van der Waals surface area contributed by atoms with E-state index >= 15 is 0 Å². The van der Waals surface area contributed by atoms with Crippen LogP contribution >= 0.6 is 46.4 Å². The molecule has 14 heavy (non-hydrogen) atoms. The molecular formula is C8H4Cl4O2. The first kappa shape index (κ1) is 10.5. The van der Waals surface area contributed by atoms with Gasteiger partial charge in [-0.1, -0.05) is 46.4 Å². The minimum absolute atomic E-state index is 0.137. The quantitative estimate of drug-likeness (QED) is 0.668. The number of hydrogen-bond donors (Lipinski definition) is 0. The van der Waals surface area contributed by atoms with Gasteiger partial charge in [-0.2, -0.15) is 0 Å². The largest absolute Gasteiger partial charge is 0.454 e. The van der Waals surface area contributed by atoms with E-state index in [0.29, 0.717) is 17.1 Å². The van der Waals surface area contributed by atoms with Gasteiger partial charge in [0.2, 0.25) is 10.6 Å². The van der Waals surface area contributed by atoms with Gasteiger partial charge in [-0.25, -0.2) is 0 Å². The molecule has 1 aliphatic heterocycles. The van der Waals surface area contributed by atoms with E-state index < -0.39 is 3.79 Å². The molecule has 0 saturated carbocycles. The molecular weight excluding hydrogens is 270 g/mol. The maximum absolute atomic E-state index is 5.98. The molecule has 0 unspecified atom stereocenters. The third-order valence-electron chi connectivity index (χ3n) is 1.78. The first-order chi connectivity index (χ1) is 6.50. The van der Waals surface area contributed by atoms with Gasteiger partial charge in [-0.3, -0.25) is 0 Å². The van der Waals surface area contributed by atoms with E-state index in [1.54, 1.807) is 12.1 Å². The van der Waals surface area contributed by atoms with Crippen LogP contribution in [0.2, 0.25) is 5.02 Å². The number of fused-ring (bicyclic) bond motifs is 1. The van der Waals surface area contributed by atoms with Crippen molar-refractivity contribution in [1.82, 2.24) is 0 Å². The molecule has 1 aliphatic rings. The van der Waals surface area contributed by atoms with E-state index in [2.05, 4.69) is 0 Å². The van der Waals surface area contributed by atoms with Gasteiger partial charge in [-0.05, 0) is 12.1 Å². The molecule has 0 fully saturated rings. The van der Waals surface area contributed by atoms with E-state index in [0.717, 1.165) is 0 Å². The topological polar surface area (TPSA) is 18.5 Å². The Kier molecular flexibility index (Phi) is 2.64. The molecule has 0 atom stereocenters. The van der Waals surface area contributed by atoms with Gasteiger partial charge >= 0.3 is 0 Å². The lowest BCUT2D eigenvalue weighted by Crippen LogP contribution is -2.01. The van der Waals surface area contributed by atoms with E-state index in [1.807, 2.05) is 0 Å². The Labute approximate surface area is 101 Å². The van der Waals surface area contributed by atoms with Crippen molar-refractivity contribution in [1.29, 1.82) is 0 Å². The Morgan fingerprint density at radius 3 is 2.50 bits per heavy atom. The normalized spacial score (nSPS) is 14.6. The van der Waals surface area contributed by atoms with E-state index in [9.17, 15) is 0 Å². The van der Waals surface area contributed by atoms with Crippen molar-refractivity contribution in [3.63, 3.8) is 0 Å². The Morgan fingerprint density at radius 1 is 1.14 bits per heavy atom. The van der Waals surface area contributed by atoms with Gasteiger partial charge in [0.25, 0.3) is 0 Å². The van der Waals surface area contributed by atoms with Crippen molar-refractivity contribution in [3.05, 3.63) is 22.7 Å². The zero-order chi connectivity index (χ0) is 10.3. The maximum atomic E-state index is 5.98. The number of ether oxygens (including phenoxy) is 2. The number of benzene rings is 1. The predicted molar refractivity (Wildman–Crippen MR) is 56.8 cm³/mol. The first-order valence-corrected chi connectivity index (χ1v) is 5.16. The fourth-order valence-corrected chi connectivity index (χ4v) is 2.13. The molecule has 1 aromatic carbocycles. The summed E-state index contributed by atoms with van der Waals surface area (Å²) in [4.78, 5) is 0. The zero-order valence-electron chi connectivity index (χ0n) is 6.69. The van der Waals surface area contributed by atoms with Crippen LogP contribution in [0.15, 0.2) is 12.1 Å². The molecule has 0 spiro atoms. The second-order valence-corrected chi connectivity index (χ2v) is 5.32. The van der Waals surface area contributed by atoms with Gasteiger partial charge in [0, 0.05) is 5.56 Å². The highest BCUT2D eigenvalue weighted by Crippen LogP contribution is 2.48. The van der Waals surface area contributed by atoms with Gasteiger partial charge in [-0.15, -0.1) is 0 Å². The molecule has 0 N–H and O–H groups in total. The number of alkyl halides is 3. The second kappa shape index (κ2) is 3.53. The van der Waals surface area contributed by atoms with E-state index in [1.165, 1.54) is 0 Å². The van der Waals surface area contributed by atoms with Crippen molar-refractivity contribution in [3.8, 4) is 11.5 Å². The maximum Gasteiger partial charge on any atom is 0.231 e. The van der Waals surface area contributed by atoms with Crippen LogP contribution in [0.25, 0.3) is 0 Å². The van der Waals surface area contributed by atoms with E-state index in [-0.39, 0.29) is 11.8 Å². The molecule has 6 heteroatoms. The lowest BCUT2D eigenvalue weighted by Gasteiger charge is -2.13. The van der Waals surface area contributed by atoms with Crippen LogP contribution < -0.4 is 9.47 Å². The fourth-order valence-electron chi connectivity index (χ4n) is 1.16. The summed E-state index contributed by atoms with van der Waals surface area (Å²) in [6, 6.07) is 3.26. The van der Waals surface area contributed by atoms with Gasteiger partial charge in [0.05, 0.1) is 5.02 Å². The van der Waals surface area contributed by atoms with E-state index in [4.69, 9.17) is 55.9 Å². The molecule has 1 heterocycles. The molecule has 0 saturated heterocycles. The summed E-state index contributed by atoms with van der Waals surface area (Å²) in [5.74, 6) is 0.989. The lowest BCUT2D eigenvalue weighted by atomic mass is 10.2. The average molecular weight is 274 g/mol. The van der Waals surface area contributed by atoms with Crippen LogP contribution in [0.3, 0.4) is 0 Å². The summed E-state index contributed by atoms with van der Waals surface area (Å²) in [6.45, 7) is 0.137. The zero-order valence-corrected chi connectivity index (χ0v) is 9.71. The lowest BCUT2D eigenvalue weighted by molar-refractivity contribution is 0.174.